The van der Waals surface area contributed by atoms with Crippen LogP contribution in [0.1, 0.15) is 27.2 Å². The van der Waals surface area contributed by atoms with E-state index in [0.717, 1.165) is 11.6 Å². The van der Waals surface area contributed by atoms with Gasteiger partial charge < -0.3 is 35.1 Å². The van der Waals surface area contributed by atoms with Gasteiger partial charge in [0.15, 0.2) is 0 Å². The number of fused-ring (bicyclic) bond motifs is 1. The molecular weight excluding hydrogens is 578 g/mol. The minimum atomic E-state index is -1.24. The maximum atomic E-state index is 13.9. The van der Waals surface area contributed by atoms with Crippen LogP contribution in [0.3, 0.4) is 0 Å². The van der Waals surface area contributed by atoms with Gasteiger partial charge in [0, 0.05) is 36.6 Å². The van der Waals surface area contributed by atoms with Crippen molar-refractivity contribution in [2.75, 3.05) is 27.2 Å². The number of nitrogens with zero attached hydrogens (tertiary/aromatic N) is 3. The topological polar surface area (TPSA) is 153 Å². The van der Waals surface area contributed by atoms with Crippen molar-refractivity contribution in [3.8, 4) is 22.8 Å². The first-order valence-electron chi connectivity index (χ1n) is 14.5. The summed E-state index contributed by atoms with van der Waals surface area (Å²) < 4.78 is 17.2. The standard InChI is InChI=1S/C33H39N5O7/c1-7-29(39)37(5)19-26(36-32(42)45-33(2,3)4)31(41)38-18-22(16-27(38)30(34)40)44-28-17-24(20-11-9-8-10-12-20)35-25-15-21(43-6)13-14-23(25)28/h7-15,17,22,26-27H,1,16,18-19H2,2-6H3,(H2,34,40)(H,36,42)/t22-,26+,27+/m1/s1. The summed E-state index contributed by atoms with van der Waals surface area (Å²) in [4.78, 5) is 58.8. The molecule has 0 bridgehead atoms. The van der Waals surface area contributed by atoms with E-state index in [2.05, 4.69) is 11.9 Å². The van der Waals surface area contributed by atoms with Gasteiger partial charge in [0.25, 0.3) is 0 Å². The van der Waals surface area contributed by atoms with Gasteiger partial charge in [0.05, 0.1) is 31.4 Å². The molecule has 238 valence electrons. The summed E-state index contributed by atoms with van der Waals surface area (Å²) in [6.45, 7) is 8.33. The first-order chi connectivity index (χ1) is 21.3. The van der Waals surface area contributed by atoms with Crippen molar-refractivity contribution in [3.05, 3.63) is 67.3 Å². The van der Waals surface area contributed by atoms with Gasteiger partial charge in [0.1, 0.15) is 35.3 Å². The number of primary amides is 1. The first-order valence-corrected chi connectivity index (χ1v) is 14.5. The number of rotatable bonds is 10. The molecule has 1 aliphatic heterocycles. The molecule has 4 rings (SSSR count). The highest BCUT2D eigenvalue weighted by Crippen LogP contribution is 2.34. The Bertz CT molecular complexity index is 1590. The maximum Gasteiger partial charge on any atom is 0.408 e. The van der Waals surface area contributed by atoms with E-state index >= 15 is 0 Å². The Hall–Kier alpha value is -5.13. The largest absolute Gasteiger partial charge is 0.497 e. The Morgan fingerprint density at radius 3 is 2.49 bits per heavy atom. The minimum Gasteiger partial charge on any atom is -0.497 e. The van der Waals surface area contributed by atoms with E-state index in [9.17, 15) is 19.2 Å². The molecular formula is C33H39N5O7. The number of nitrogens with two attached hydrogens (primary N) is 1. The molecule has 0 radical (unpaired) electrons. The van der Waals surface area contributed by atoms with E-state index in [1.54, 1.807) is 40.0 Å². The summed E-state index contributed by atoms with van der Waals surface area (Å²) in [6.07, 6.45) is -0.269. The maximum absolute atomic E-state index is 13.9. The molecule has 0 unspecified atom stereocenters. The van der Waals surface area contributed by atoms with Crippen LogP contribution in [0.5, 0.6) is 11.5 Å². The normalized spacial score (nSPS) is 16.9. The number of ether oxygens (including phenoxy) is 3. The van der Waals surface area contributed by atoms with Crippen molar-refractivity contribution in [3.63, 3.8) is 0 Å². The molecule has 3 aromatic rings. The predicted octanol–water partition coefficient (Wildman–Crippen LogP) is 3.28. The molecule has 1 aromatic heterocycles. The van der Waals surface area contributed by atoms with Crippen LogP contribution < -0.4 is 20.5 Å². The fraction of sp³-hybridized carbons (Fsp3) is 0.364. The molecule has 12 nitrogen and oxygen atoms in total. The number of benzene rings is 2. The van der Waals surface area contributed by atoms with Crippen molar-refractivity contribution < 1.29 is 33.4 Å². The van der Waals surface area contributed by atoms with Crippen LogP contribution in [-0.4, -0.2) is 89.6 Å². The molecule has 2 aromatic carbocycles. The van der Waals surface area contributed by atoms with Crippen molar-refractivity contribution in [1.29, 1.82) is 0 Å². The van der Waals surface area contributed by atoms with E-state index in [-0.39, 0.29) is 19.5 Å². The summed E-state index contributed by atoms with van der Waals surface area (Å²) >= 11 is 0. The lowest BCUT2D eigenvalue weighted by molar-refractivity contribution is -0.140. The number of likely N-dealkylation sites (N-methyl/N-ethyl adjacent to an activating group) is 1. The van der Waals surface area contributed by atoms with Crippen LogP contribution >= 0.6 is 0 Å². The van der Waals surface area contributed by atoms with Gasteiger partial charge in [-0.3, -0.25) is 14.4 Å². The summed E-state index contributed by atoms with van der Waals surface area (Å²) in [5.41, 5.74) is 7.10. The summed E-state index contributed by atoms with van der Waals surface area (Å²) in [7, 11) is 3.04. The fourth-order valence-corrected chi connectivity index (χ4v) is 5.09. The number of carbonyl (C=O) groups excluding carboxylic acids is 4. The molecule has 4 amide bonds. The number of alkyl carbamates (subject to hydrolysis) is 1. The number of hydrogen-bond acceptors (Lipinski definition) is 8. The number of hydrogen-bond donors (Lipinski definition) is 2. The summed E-state index contributed by atoms with van der Waals surface area (Å²) in [6, 6.07) is 14.6. The molecule has 0 saturated carbocycles. The zero-order chi connectivity index (χ0) is 32.9. The number of methoxy groups -OCH3 is 1. The number of aromatic nitrogens is 1. The lowest BCUT2D eigenvalue weighted by Gasteiger charge is -2.30. The number of amides is 4. The van der Waals surface area contributed by atoms with Crippen LogP contribution in [0.4, 0.5) is 4.79 Å². The number of pyridine rings is 1. The van der Waals surface area contributed by atoms with Gasteiger partial charge in [-0.2, -0.15) is 0 Å². The van der Waals surface area contributed by atoms with Crippen LogP contribution in [0.15, 0.2) is 67.3 Å². The van der Waals surface area contributed by atoms with Crippen molar-refractivity contribution in [1.82, 2.24) is 20.1 Å². The molecule has 3 atom stereocenters. The highest BCUT2D eigenvalue weighted by Gasteiger charge is 2.43. The summed E-state index contributed by atoms with van der Waals surface area (Å²) in [5, 5.41) is 3.26. The average Bonchev–Trinajstić information content (AvgIpc) is 3.43. The van der Waals surface area contributed by atoms with E-state index < -0.39 is 47.6 Å². The quantitative estimate of drug-likeness (QED) is 0.329. The van der Waals surface area contributed by atoms with Crippen molar-refractivity contribution in [2.45, 2.75) is 51.0 Å². The second-order valence-electron chi connectivity index (χ2n) is 11.8. The molecule has 12 heteroatoms. The number of likely N-dealkylation sites (tertiary alicyclic amines) is 1. The molecule has 0 spiro atoms. The molecule has 3 N–H and O–H groups in total. The Balaban J connectivity index is 1.65. The lowest BCUT2D eigenvalue weighted by Crippen LogP contribution is -2.57. The van der Waals surface area contributed by atoms with E-state index in [4.69, 9.17) is 24.9 Å². The highest BCUT2D eigenvalue weighted by atomic mass is 16.6. The Morgan fingerprint density at radius 2 is 1.87 bits per heavy atom. The van der Waals surface area contributed by atoms with E-state index in [0.29, 0.717) is 28.1 Å². The average molecular weight is 618 g/mol. The zero-order valence-corrected chi connectivity index (χ0v) is 26.1. The molecule has 2 heterocycles. The fourth-order valence-electron chi connectivity index (χ4n) is 5.09. The van der Waals surface area contributed by atoms with Crippen LogP contribution in [-0.2, 0) is 19.1 Å². The first kappa shape index (κ1) is 32.8. The summed E-state index contributed by atoms with van der Waals surface area (Å²) in [5.74, 6) is -0.669. The monoisotopic (exact) mass is 617 g/mol. The highest BCUT2D eigenvalue weighted by molar-refractivity contribution is 5.93. The Morgan fingerprint density at radius 1 is 1.16 bits per heavy atom. The van der Waals surface area contributed by atoms with Crippen LogP contribution in [0, 0.1) is 0 Å². The van der Waals surface area contributed by atoms with E-state index in [1.807, 2.05) is 42.5 Å². The molecule has 1 fully saturated rings. The second-order valence-corrected chi connectivity index (χ2v) is 11.8. The number of carbonyl (C=O) groups is 4. The lowest BCUT2D eigenvalue weighted by atomic mass is 10.1. The van der Waals surface area contributed by atoms with Crippen LogP contribution in [0.2, 0.25) is 0 Å². The molecule has 45 heavy (non-hydrogen) atoms. The van der Waals surface area contributed by atoms with Crippen LogP contribution in [0.25, 0.3) is 22.2 Å². The third-order valence-corrected chi connectivity index (χ3v) is 7.21. The SMILES string of the molecule is C=CC(=O)N(C)C[C@H](NC(=O)OC(C)(C)C)C(=O)N1C[C@H](Oc2cc(-c3ccccc3)nc3cc(OC)ccc23)C[C@H]1C(N)=O. The van der Waals surface area contributed by atoms with Crippen molar-refractivity contribution in [2.24, 2.45) is 5.73 Å². The van der Waals surface area contributed by atoms with Gasteiger partial charge in [-0.15, -0.1) is 0 Å². The third-order valence-electron chi connectivity index (χ3n) is 7.21. The van der Waals surface area contributed by atoms with Crippen molar-refractivity contribution >= 4 is 34.7 Å². The molecule has 1 saturated heterocycles. The predicted molar refractivity (Wildman–Crippen MR) is 168 cm³/mol. The smallest absolute Gasteiger partial charge is 0.408 e. The number of nitrogens with one attached hydrogen (secondary N) is 1. The van der Waals surface area contributed by atoms with Gasteiger partial charge in [0.2, 0.25) is 17.7 Å². The van der Waals surface area contributed by atoms with E-state index in [1.165, 1.54) is 16.8 Å². The van der Waals surface area contributed by atoms with Gasteiger partial charge in [-0.05, 0) is 39.0 Å². The zero-order valence-electron chi connectivity index (χ0n) is 26.1. The second kappa shape index (κ2) is 13.7. The van der Waals surface area contributed by atoms with Gasteiger partial charge in [-0.1, -0.05) is 36.9 Å². The molecule has 1 aliphatic rings. The minimum absolute atomic E-state index is 0.00129. The third kappa shape index (κ3) is 8.08. The van der Waals surface area contributed by atoms with Gasteiger partial charge in [-0.25, -0.2) is 9.78 Å². The Labute approximate surface area is 262 Å². The Kier molecular flexibility index (Phi) is 9.95. The van der Waals surface area contributed by atoms with Gasteiger partial charge >= 0.3 is 6.09 Å². The molecule has 0 aliphatic carbocycles.